The van der Waals surface area contributed by atoms with Gasteiger partial charge in [-0.2, -0.15) is 9.97 Å². The largest absolute Gasteiger partial charge is 0.481 e. The number of hydrogen-bond acceptors (Lipinski definition) is 18. The quantitative estimate of drug-likeness (QED) is 0.0596. The average molecular weight is 905 g/mol. The summed E-state index contributed by atoms with van der Waals surface area (Å²) in [6, 6.07) is 9.96. The predicted molar refractivity (Wildman–Crippen MR) is 237 cm³/mol. The number of carbonyl (C=O) groups excluding carboxylic acids is 2. The van der Waals surface area contributed by atoms with Gasteiger partial charge in [0.1, 0.15) is 23.5 Å². The number of nitrogens with two attached hydrogens (primary N) is 2. The Labute approximate surface area is 367 Å². The number of aliphatic carboxylic acids is 4. The summed E-state index contributed by atoms with van der Waals surface area (Å²) in [7, 11) is 1.79. The fraction of sp³-hybridized carbons (Fsp3) is 0.333. The summed E-state index contributed by atoms with van der Waals surface area (Å²) in [4.78, 5) is 107. The summed E-state index contributed by atoms with van der Waals surface area (Å²) < 4.78 is 0. The maximum Gasteiger partial charge on any atom is 0.326 e. The molecule has 2 aromatic carbocycles. The Balaban J connectivity index is 0.000000244. The van der Waals surface area contributed by atoms with Crippen LogP contribution in [0, 0.1) is 0 Å². The second kappa shape index (κ2) is 21.5. The van der Waals surface area contributed by atoms with Gasteiger partial charge in [0.15, 0.2) is 11.6 Å². The predicted octanol–water partition coefficient (Wildman–Crippen LogP) is -0.540. The van der Waals surface area contributed by atoms with Crippen molar-refractivity contribution in [3.8, 4) is 0 Å². The van der Waals surface area contributed by atoms with Crippen LogP contribution >= 0.6 is 0 Å². The van der Waals surface area contributed by atoms with Gasteiger partial charge >= 0.3 is 23.9 Å². The molecule has 2 aromatic heterocycles. The molecule has 65 heavy (non-hydrogen) atoms. The topological polar surface area (TPSA) is 414 Å². The highest BCUT2D eigenvalue weighted by atomic mass is 16.4. The Morgan fingerprint density at radius 3 is 1.65 bits per heavy atom. The molecule has 0 saturated carbocycles. The first-order chi connectivity index (χ1) is 30.9. The number of carboxylic acids is 4. The smallest absolute Gasteiger partial charge is 0.326 e. The minimum Gasteiger partial charge on any atom is -0.481 e. The zero-order chi connectivity index (χ0) is 47.4. The van der Waals surface area contributed by atoms with Crippen molar-refractivity contribution < 1.29 is 49.2 Å². The van der Waals surface area contributed by atoms with E-state index in [-0.39, 0.29) is 71.9 Å². The summed E-state index contributed by atoms with van der Waals surface area (Å²) >= 11 is 0. The van der Waals surface area contributed by atoms with E-state index in [1.54, 1.807) is 31.3 Å². The van der Waals surface area contributed by atoms with Gasteiger partial charge in [-0.15, -0.1) is 0 Å². The van der Waals surface area contributed by atoms with Gasteiger partial charge in [0.05, 0.1) is 12.1 Å². The highest BCUT2D eigenvalue weighted by molar-refractivity contribution is 5.97. The molecule has 346 valence electrons. The molecule has 26 nitrogen and oxygen atoms in total. The Morgan fingerprint density at radius 1 is 0.692 bits per heavy atom. The number of nitrogen functional groups attached to an aromatic ring is 2. The van der Waals surface area contributed by atoms with E-state index in [1.165, 1.54) is 24.3 Å². The number of likely N-dealkylation sites (N-methyl/N-ethyl adjacent to an activating group) is 1. The van der Waals surface area contributed by atoms with Crippen LogP contribution in [0.1, 0.15) is 46.4 Å². The number of fused-ring (bicyclic) bond motifs is 2. The molecule has 2 aliphatic rings. The number of amides is 2. The van der Waals surface area contributed by atoms with Crippen LogP contribution in [0.2, 0.25) is 0 Å². The van der Waals surface area contributed by atoms with E-state index in [0.29, 0.717) is 54.9 Å². The Morgan fingerprint density at radius 2 is 1.15 bits per heavy atom. The first-order valence-electron chi connectivity index (χ1n) is 19.8. The second-order valence-corrected chi connectivity index (χ2v) is 14.7. The Hall–Kier alpha value is -8.58. The molecule has 2 unspecified atom stereocenters. The van der Waals surface area contributed by atoms with Crippen molar-refractivity contribution in [2.45, 2.75) is 49.9 Å². The van der Waals surface area contributed by atoms with Crippen molar-refractivity contribution in [1.82, 2.24) is 30.6 Å². The third-order valence-electron chi connectivity index (χ3n) is 10.0. The number of carboxylic acid groups (broad SMARTS) is 4. The fourth-order valence-corrected chi connectivity index (χ4v) is 6.52. The number of H-pyrrole nitrogens is 2. The molecule has 4 aromatic rings. The van der Waals surface area contributed by atoms with Gasteiger partial charge in [-0.25, -0.2) is 9.59 Å². The van der Waals surface area contributed by atoms with Crippen LogP contribution in [-0.2, 0) is 19.2 Å². The number of benzene rings is 2. The molecule has 4 atom stereocenters. The van der Waals surface area contributed by atoms with Crippen molar-refractivity contribution in [2.24, 2.45) is 0 Å². The molecule has 26 heteroatoms. The highest BCUT2D eigenvalue weighted by Gasteiger charge is 2.28. The molecule has 0 bridgehead atoms. The van der Waals surface area contributed by atoms with Gasteiger partial charge in [-0.1, -0.05) is 0 Å². The maximum absolute atomic E-state index is 12.3. The summed E-state index contributed by atoms with van der Waals surface area (Å²) in [5, 5.41) is 56.1. The average Bonchev–Trinajstić information content (AvgIpc) is 3.25. The zero-order valence-electron chi connectivity index (χ0n) is 34.6. The number of nitrogens with zero attached hydrogens (tertiary/aromatic N) is 3. The molecular weight excluding hydrogens is 857 g/mol. The van der Waals surface area contributed by atoms with Gasteiger partial charge in [0, 0.05) is 68.6 Å². The Bertz CT molecular complexity index is 2520. The van der Waals surface area contributed by atoms with Crippen LogP contribution < -0.4 is 64.7 Å². The van der Waals surface area contributed by atoms with Crippen molar-refractivity contribution in [2.75, 3.05) is 76.2 Å². The normalized spacial score (nSPS) is 15.6. The standard InChI is InChI=1S/C20H25N7O6.C19H23N7O6/c1-27-12(9-23-16-15(27)18(31)26-20(21)25-16)8-22-11-4-2-10(3-5-11)17(30)24-13(19(32)33)6-7-14(28)29;20-19-25-15-14(17(30)26-19)23-11(8-22-15)7-21-10-3-1-9(2-4-10)16(29)24-12(18(31)32)5-6-13(27)28/h2-5,12-13,22H,6-9H2,1H3,(H,24,30)(H,28,29)(H,32,33)(H4,21,23,25,26,31);1-4,11-12,21,23H,5-8H2,(H,24,29)(H,27,28)(H,31,32)(H4,20,22,25,26,30)/t12?,13-;11?,12-/m00/s1. The number of nitrogens with one attached hydrogen (secondary N) is 9. The first-order valence-corrected chi connectivity index (χ1v) is 19.8. The van der Waals surface area contributed by atoms with Crippen molar-refractivity contribution in [1.29, 1.82) is 0 Å². The number of rotatable bonds is 18. The molecule has 2 aliphatic heterocycles. The number of anilines is 8. The molecular formula is C39H48N14O12. The fourth-order valence-electron chi connectivity index (χ4n) is 6.52. The molecule has 0 radical (unpaired) electrons. The SMILES string of the molecule is CN1c2c(nc(N)[nH]c2=O)NCC1CNc1ccc(C(=O)N[C@@H](CCC(=O)O)C(=O)O)cc1.Nc1nc2c(c(=O)[nH]1)NC(CNc1ccc(C(=O)N[C@@H](CCC(=O)O)C(=O)O)cc1)CN2. The number of hydrogen-bond donors (Lipinski definition) is 15. The number of aromatic amines is 2. The lowest BCUT2D eigenvalue weighted by Crippen LogP contribution is -2.48. The summed E-state index contributed by atoms with van der Waals surface area (Å²) in [6.45, 7) is 1.97. The molecule has 0 spiro atoms. The summed E-state index contributed by atoms with van der Waals surface area (Å²) in [6.07, 6.45) is -1.17. The van der Waals surface area contributed by atoms with Crippen molar-refractivity contribution in [3.05, 3.63) is 80.4 Å². The lowest BCUT2D eigenvalue weighted by molar-refractivity contribution is -0.142. The molecule has 0 fully saturated rings. The first kappa shape index (κ1) is 47.5. The van der Waals surface area contributed by atoms with E-state index < -0.39 is 47.8 Å². The Kier molecular flexibility index (Phi) is 15.7. The van der Waals surface area contributed by atoms with Crippen LogP contribution in [0.5, 0.6) is 0 Å². The van der Waals surface area contributed by atoms with E-state index in [4.69, 9.17) is 26.8 Å². The lowest BCUT2D eigenvalue weighted by atomic mass is 10.1. The van der Waals surface area contributed by atoms with E-state index >= 15 is 0 Å². The van der Waals surface area contributed by atoms with Crippen LogP contribution in [-0.4, -0.2) is 133 Å². The van der Waals surface area contributed by atoms with Crippen molar-refractivity contribution in [3.63, 3.8) is 0 Å². The van der Waals surface area contributed by atoms with Crippen molar-refractivity contribution >= 4 is 82.0 Å². The molecule has 4 heterocycles. The van der Waals surface area contributed by atoms with E-state index in [0.717, 1.165) is 5.69 Å². The molecule has 0 saturated heterocycles. The monoisotopic (exact) mass is 904 g/mol. The third kappa shape index (κ3) is 13.2. The lowest BCUT2D eigenvalue weighted by Gasteiger charge is -2.35. The highest BCUT2D eigenvalue weighted by Crippen LogP contribution is 2.25. The molecule has 2 amide bonds. The van der Waals surface area contributed by atoms with Crippen LogP contribution in [0.3, 0.4) is 0 Å². The van der Waals surface area contributed by atoms with E-state index in [9.17, 15) is 43.5 Å². The zero-order valence-corrected chi connectivity index (χ0v) is 34.6. The molecule has 0 aliphatic carbocycles. The second-order valence-electron chi connectivity index (χ2n) is 14.7. The van der Waals surface area contributed by atoms with E-state index in [2.05, 4.69) is 57.2 Å². The van der Waals surface area contributed by atoms with Gasteiger partial charge in [0.2, 0.25) is 11.9 Å². The number of aromatic nitrogens is 4. The van der Waals surface area contributed by atoms with Crippen LogP contribution in [0.4, 0.5) is 46.3 Å². The summed E-state index contributed by atoms with van der Waals surface area (Å²) in [5.74, 6) is -5.23. The van der Waals surface area contributed by atoms with Crippen LogP contribution in [0.15, 0.2) is 58.1 Å². The minimum atomic E-state index is -1.30. The van der Waals surface area contributed by atoms with Gasteiger partial charge in [-0.05, 0) is 61.4 Å². The minimum absolute atomic E-state index is 0.0281. The summed E-state index contributed by atoms with van der Waals surface area (Å²) in [5.41, 5.74) is 13.0. The maximum atomic E-state index is 12.3. The van der Waals surface area contributed by atoms with Gasteiger partial charge in [-0.3, -0.25) is 38.7 Å². The molecule has 17 N–H and O–H groups in total. The number of carbonyl (C=O) groups is 6. The van der Waals surface area contributed by atoms with Crippen LogP contribution in [0.25, 0.3) is 0 Å². The van der Waals surface area contributed by atoms with Gasteiger partial charge < -0.3 is 74.0 Å². The van der Waals surface area contributed by atoms with Gasteiger partial charge in [0.25, 0.3) is 22.9 Å². The third-order valence-corrected chi connectivity index (χ3v) is 10.0. The van der Waals surface area contributed by atoms with E-state index in [1.807, 2.05) is 4.90 Å². The molecule has 6 rings (SSSR count).